The summed E-state index contributed by atoms with van der Waals surface area (Å²) in [4.78, 5) is 60.3. The zero-order chi connectivity index (χ0) is 44.4. The van der Waals surface area contributed by atoms with Crippen LogP contribution >= 0.6 is 11.6 Å². The number of aromatic amines is 2. The number of amides is 3. The molecule has 63 heavy (non-hydrogen) atoms. The monoisotopic (exact) mass is 891 g/mol. The van der Waals surface area contributed by atoms with Crippen molar-refractivity contribution in [3.05, 3.63) is 71.5 Å². The van der Waals surface area contributed by atoms with E-state index in [1.807, 2.05) is 60.4 Å². The van der Waals surface area contributed by atoms with Crippen molar-refractivity contribution in [2.24, 2.45) is 23.7 Å². The number of nitrogens with one attached hydrogen (secondary N) is 3. The van der Waals surface area contributed by atoms with Crippen molar-refractivity contribution >= 4 is 29.5 Å². The zero-order valence-electron chi connectivity index (χ0n) is 35.7. The van der Waals surface area contributed by atoms with Gasteiger partial charge in [-0.2, -0.15) is 0 Å². The number of ether oxygens (including phenoxy) is 1. The number of methoxy groups -OCH3 is 1. The second-order valence-corrected chi connectivity index (χ2v) is 19.1. The van der Waals surface area contributed by atoms with Gasteiger partial charge in [0.05, 0.1) is 36.8 Å². The van der Waals surface area contributed by atoms with Gasteiger partial charge in [0, 0.05) is 49.8 Å². The molecule has 9 rings (SSSR count). The first-order valence-corrected chi connectivity index (χ1v) is 22.7. The molecule has 4 heterocycles. The van der Waals surface area contributed by atoms with Crippen LogP contribution in [0.5, 0.6) is 0 Å². The Morgan fingerprint density at radius 2 is 1.40 bits per heavy atom. The van der Waals surface area contributed by atoms with Gasteiger partial charge in [-0.25, -0.2) is 32.3 Å². The highest BCUT2D eigenvalue weighted by atomic mass is 35.5. The van der Waals surface area contributed by atoms with Crippen LogP contribution in [0.2, 0.25) is 5.15 Å². The van der Waals surface area contributed by atoms with Crippen LogP contribution < -0.4 is 5.32 Å². The molecule has 0 radical (unpaired) electrons. The Labute approximate surface area is 369 Å². The van der Waals surface area contributed by atoms with Gasteiger partial charge in [0.1, 0.15) is 17.7 Å². The molecule has 3 N–H and O–H groups in total. The van der Waals surface area contributed by atoms with Crippen molar-refractivity contribution in [2.45, 2.75) is 133 Å². The molecule has 7 atom stereocenters. The Balaban J connectivity index is 0.864. The summed E-state index contributed by atoms with van der Waals surface area (Å²) in [6.07, 6.45) is 3.66. The lowest BCUT2D eigenvalue weighted by molar-refractivity contribution is -0.139. The van der Waals surface area contributed by atoms with Crippen LogP contribution in [0.25, 0.3) is 33.6 Å². The largest absolute Gasteiger partial charge is 0.453 e. The first-order chi connectivity index (χ1) is 30.1. The number of benzene rings is 2. The summed E-state index contributed by atoms with van der Waals surface area (Å²) < 4.78 is 60.5. The van der Waals surface area contributed by atoms with Crippen molar-refractivity contribution in [2.75, 3.05) is 7.11 Å². The second-order valence-electron chi connectivity index (χ2n) is 18.8. The Morgan fingerprint density at radius 3 is 2.03 bits per heavy atom. The maximum atomic E-state index is 14.3. The van der Waals surface area contributed by atoms with Gasteiger partial charge >= 0.3 is 6.09 Å². The van der Waals surface area contributed by atoms with Crippen molar-refractivity contribution in [3.8, 4) is 33.6 Å². The molecule has 2 aromatic carbocycles. The SMILES string of the molecule is COC(=O)N[C@H](C(=O)N1[C@H](C)C(C)C[C@H]1c1ncc(-c2ccc(-c3ccc(-c4[nH]c([C@@H]5C[C@H]6CC6N5C(=O)CC5CCC(F)(F)CC5)nc4Cl)cc3)cc2)[nH]1)C1CCC(F)(F)CC1. The fourth-order valence-corrected chi connectivity index (χ4v) is 10.9. The summed E-state index contributed by atoms with van der Waals surface area (Å²) in [5, 5.41) is 3.00. The van der Waals surface area contributed by atoms with Crippen LogP contribution in [-0.2, 0) is 14.3 Å². The molecule has 5 fully saturated rings. The lowest BCUT2D eigenvalue weighted by atomic mass is 9.81. The van der Waals surface area contributed by atoms with Gasteiger partial charge in [-0.3, -0.25) is 9.59 Å². The molecule has 2 aromatic heterocycles. The Hall–Kier alpha value is -4.92. The molecule has 3 saturated carbocycles. The minimum Gasteiger partial charge on any atom is -0.453 e. The second kappa shape index (κ2) is 16.9. The van der Waals surface area contributed by atoms with Crippen LogP contribution in [-0.4, -0.2) is 84.7 Å². The van der Waals surface area contributed by atoms with Gasteiger partial charge in [0.2, 0.25) is 23.7 Å². The van der Waals surface area contributed by atoms with E-state index in [-0.39, 0.29) is 80.3 Å². The average molecular weight is 892 g/mol. The van der Waals surface area contributed by atoms with E-state index in [1.54, 1.807) is 11.1 Å². The smallest absolute Gasteiger partial charge is 0.407 e. The van der Waals surface area contributed by atoms with E-state index < -0.39 is 35.9 Å². The van der Waals surface area contributed by atoms with Gasteiger partial charge in [0.15, 0.2) is 5.15 Å². The average Bonchev–Trinajstić information content (AvgIpc) is 3.61. The third kappa shape index (κ3) is 8.83. The fraction of sp³-hybridized carbons (Fsp3) is 0.553. The van der Waals surface area contributed by atoms with Gasteiger partial charge < -0.3 is 29.8 Å². The van der Waals surface area contributed by atoms with Gasteiger partial charge in [-0.15, -0.1) is 0 Å². The fourth-order valence-electron chi connectivity index (χ4n) is 10.7. The summed E-state index contributed by atoms with van der Waals surface area (Å²) in [5.74, 6) is -4.37. The lowest BCUT2D eigenvalue weighted by Gasteiger charge is -2.37. The number of rotatable bonds is 10. The number of carbonyl (C=O) groups is 3. The number of fused-ring (bicyclic) bond motifs is 1. The number of halogens is 5. The highest BCUT2D eigenvalue weighted by molar-refractivity contribution is 6.31. The molecule has 3 aliphatic carbocycles. The molecule has 3 amide bonds. The number of alkyl halides is 4. The quantitative estimate of drug-likeness (QED) is 0.136. The summed E-state index contributed by atoms with van der Waals surface area (Å²) in [6.45, 7) is 4.03. The first kappa shape index (κ1) is 43.3. The first-order valence-electron chi connectivity index (χ1n) is 22.3. The number of alkyl carbamates (subject to hydrolysis) is 1. The predicted molar refractivity (Wildman–Crippen MR) is 229 cm³/mol. The predicted octanol–water partition coefficient (Wildman–Crippen LogP) is 10.5. The number of imidazole rings is 2. The van der Waals surface area contributed by atoms with Crippen molar-refractivity contribution in [3.63, 3.8) is 0 Å². The minimum atomic E-state index is -2.78. The van der Waals surface area contributed by atoms with Crippen molar-refractivity contribution in [1.29, 1.82) is 0 Å². The molecular formula is C47H54ClF4N7O4. The summed E-state index contributed by atoms with van der Waals surface area (Å²) >= 11 is 6.72. The molecule has 0 spiro atoms. The van der Waals surface area contributed by atoms with E-state index in [4.69, 9.17) is 21.3 Å². The molecule has 2 aliphatic heterocycles. The van der Waals surface area contributed by atoms with Crippen LogP contribution in [0.1, 0.15) is 115 Å². The molecule has 2 unspecified atom stereocenters. The molecule has 0 bridgehead atoms. The number of aromatic nitrogens is 4. The van der Waals surface area contributed by atoms with Crippen LogP contribution in [0, 0.1) is 23.7 Å². The number of nitrogens with zero attached hydrogens (tertiary/aromatic N) is 4. The molecule has 2 saturated heterocycles. The van der Waals surface area contributed by atoms with E-state index in [0.29, 0.717) is 54.1 Å². The number of H-pyrrole nitrogens is 2. The lowest BCUT2D eigenvalue weighted by Crippen LogP contribution is -2.54. The topological polar surface area (TPSA) is 136 Å². The highest BCUT2D eigenvalue weighted by Crippen LogP contribution is 2.54. The van der Waals surface area contributed by atoms with E-state index >= 15 is 0 Å². The number of hydrogen-bond acceptors (Lipinski definition) is 6. The highest BCUT2D eigenvalue weighted by Gasteiger charge is 2.55. The van der Waals surface area contributed by atoms with Gasteiger partial charge in [0.25, 0.3) is 0 Å². The van der Waals surface area contributed by atoms with Crippen LogP contribution in [0.4, 0.5) is 22.4 Å². The van der Waals surface area contributed by atoms with Crippen molar-refractivity contribution < 1.29 is 36.7 Å². The number of carbonyl (C=O) groups excluding carboxylic acids is 3. The summed E-state index contributed by atoms with van der Waals surface area (Å²) in [7, 11) is 1.21. The molecule has 4 aromatic rings. The van der Waals surface area contributed by atoms with Crippen LogP contribution in [0.15, 0.2) is 54.7 Å². The standard InChI is InChI=1S/C47H54ClF4N7O4/c1-25-20-36(58(26(25)2)44(61)40(56-45(62)63-3)32-14-18-47(51,52)19-15-32)42-53-24-34(54-42)30-8-4-28(5-9-30)29-6-10-31(11-7-29)39-41(48)57-43(55-39)37-23-33-22-35(33)59(37)38(60)21-27-12-16-46(49,50)17-13-27/h4-11,24-27,32-33,35-37,40H,12-23H2,1-3H3,(H,53,54)(H,55,57)(H,56,62)/t25?,26-,33-,35?,36+,37+,40+/m1/s1. The number of piperidine rings is 1. The maximum absolute atomic E-state index is 14.3. The normalized spacial score (nSPS) is 27.2. The molecule has 336 valence electrons. The maximum Gasteiger partial charge on any atom is 0.407 e. The molecule has 11 nitrogen and oxygen atoms in total. The summed E-state index contributed by atoms with van der Waals surface area (Å²) in [5.41, 5.74) is 5.17. The Morgan fingerprint density at radius 1 is 0.810 bits per heavy atom. The van der Waals surface area contributed by atoms with E-state index in [0.717, 1.165) is 40.8 Å². The third-order valence-electron chi connectivity index (χ3n) is 14.7. The third-order valence-corrected chi connectivity index (χ3v) is 15.0. The number of hydrogen-bond donors (Lipinski definition) is 3. The molecule has 5 aliphatic rings. The summed E-state index contributed by atoms with van der Waals surface area (Å²) in [6, 6.07) is 14.4. The Kier molecular flexibility index (Phi) is 11.6. The Bertz CT molecular complexity index is 2320. The minimum absolute atomic E-state index is 0.0172. The van der Waals surface area contributed by atoms with E-state index in [2.05, 4.69) is 27.2 Å². The van der Waals surface area contributed by atoms with Crippen LogP contribution in [0.3, 0.4) is 0 Å². The van der Waals surface area contributed by atoms with E-state index in [9.17, 15) is 31.9 Å². The van der Waals surface area contributed by atoms with Crippen molar-refractivity contribution in [1.82, 2.24) is 35.1 Å². The molecular weight excluding hydrogens is 838 g/mol. The molecule has 16 heteroatoms. The zero-order valence-corrected chi connectivity index (χ0v) is 36.4. The van der Waals surface area contributed by atoms with Gasteiger partial charge in [-0.1, -0.05) is 67.1 Å². The number of likely N-dealkylation sites (tertiary alicyclic amines) is 2. The van der Waals surface area contributed by atoms with E-state index in [1.165, 1.54) is 7.11 Å². The van der Waals surface area contributed by atoms with Gasteiger partial charge in [-0.05, 0) is 92.2 Å².